The first-order chi connectivity index (χ1) is 25.7. The number of benzene rings is 2. The number of nitrogens with one attached hydrogen (secondary N) is 1. The molecule has 0 unspecified atom stereocenters. The fourth-order valence-electron chi connectivity index (χ4n) is 12.9. The van der Waals surface area contributed by atoms with Gasteiger partial charge in [0.05, 0.1) is 12.0 Å². The number of carbonyl (C=O) groups excluding carboxylic acids is 3. The van der Waals surface area contributed by atoms with Gasteiger partial charge in [-0.05, 0) is 136 Å². The number of ether oxygens (including phenoxy) is 2. The van der Waals surface area contributed by atoms with Crippen LogP contribution in [0.3, 0.4) is 0 Å². The van der Waals surface area contributed by atoms with Crippen LogP contribution in [0.15, 0.2) is 72.3 Å². The largest absolute Gasteiger partial charge is 0.452 e. The molecule has 0 radical (unpaired) electrons. The maximum Gasteiger partial charge on any atom is 0.407 e. The third kappa shape index (κ3) is 6.39. The summed E-state index contributed by atoms with van der Waals surface area (Å²) in [5, 5.41) is 14.2. The van der Waals surface area contributed by atoms with E-state index in [-0.39, 0.29) is 63.8 Å². The molecule has 5 aliphatic carbocycles. The van der Waals surface area contributed by atoms with Crippen molar-refractivity contribution >= 4 is 17.8 Å². The second-order valence-corrected chi connectivity index (χ2v) is 20.8. The molecule has 298 valence electrons. The minimum Gasteiger partial charge on any atom is -0.452 e. The third-order valence-corrected chi connectivity index (χ3v) is 16.4. The molecule has 7 rings (SSSR count). The molecule has 2 aromatic rings. The number of allylic oxidation sites excluding steroid dienone is 2. The first-order valence-electron chi connectivity index (χ1n) is 20.9. The molecule has 4 saturated carbocycles. The fourth-order valence-corrected chi connectivity index (χ4v) is 12.9. The molecule has 7 nitrogen and oxygen atoms in total. The predicted molar refractivity (Wildman–Crippen MR) is 215 cm³/mol. The number of ketones is 1. The molecular weight excluding hydrogens is 687 g/mol. The standard InChI is InChI=1S/C48H65NO6/c1-42(2,3)55-41(53)49-37-21-22-45(6)36(46(37,7)30-50)20-23-48(9)39(45)35(51)28-33-34-29-44(5,25-24-43(34,4)26-27-47(33,48)8)40(52)54-38(31-16-12-10-13-17-31)32-18-14-11-15-19-32/h10-19,28,34,36-39,50H,20-27,29-30H2,1-9H3,(H,49,53)/t34-,36+,37-,39+,43+,44-,45-,46-,47+,48+/m0/s1. The van der Waals surface area contributed by atoms with Gasteiger partial charge in [-0.1, -0.05) is 101 Å². The fraction of sp³-hybridized carbons (Fsp3) is 0.646. The number of esters is 1. The lowest BCUT2D eigenvalue weighted by Gasteiger charge is -2.70. The van der Waals surface area contributed by atoms with Gasteiger partial charge in [0.25, 0.3) is 0 Å². The van der Waals surface area contributed by atoms with Gasteiger partial charge in [-0.3, -0.25) is 9.59 Å². The summed E-state index contributed by atoms with van der Waals surface area (Å²) >= 11 is 0. The van der Waals surface area contributed by atoms with Crippen molar-refractivity contribution in [2.75, 3.05) is 6.61 Å². The van der Waals surface area contributed by atoms with Gasteiger partial charge in [-0.2, -0.15) is 0 Å². The van der Waals surface area contributed by atoms with Crippen molar-refractivity contribution in [1.29, 1.82) is 0 Å². The van der Waals surface area contributed by atoms with Crippen molar-refractivity contribution in [3.63, 3.8) is 0 Å². The highest BCUT2D eigenvalue weighted by atomic mass is 16.6. The number of carbonyl (C=O) groups is 3. The van der Waals surface area contributed by atoms with Crippen LogP contribution in [0.4, 0.5) is 4.79 Å². The Labute approximate surface area is 329 Å². The Kier molecular flexibility index (Phi) is 9.83. The number of rotatable bonds is 6. The van der Waals surface area contributed by atoms with E-state index in [1.165, 1.54) is 5.57 Å². The van der Waals surface area contributed by atoms with Crippen LogP contribution in [-0.4, -0.2) is 41.2 Å². The van der Waals surface area contributed by atoms with Crippen LogP contribution in [0.1, 0.15) is 137 Å². The SMILES string of the molecule is CC(C)(C)OC(=O)N[C@H]1CC[C@@]2(C)[C@@H](CC[C@]3(C)[C@@H]2C(=O)C=C2[C@@H]4C[C@@](C)(C(=O)OC(c5ccccc5)c5ccccc5)CC[C@]4(C)CC[C@]23C)[C@]1(C)CO. The second-order valence-electron chi connectivity index (χ2n) is 20.8. The molecule has 0 heterocycles. The third-order valence-electron chi connectivity index (χ3n) is 16.4. The summed E-state index contributed by atoms with van der Waals surface area (Å²) in [5.41, 5.74) is 0.359. The summed E-state index contributed by atoms with van der Waals surface area (Å²) in [6.07, 6.45) is 8.67. The van der Waals surface area contributed by atoms with Crippen LogP contribution in [0.25, 0.3) is 0 Å². The van der Waals surface area contributed by atoms with Crippen LogP contribution in [0.2, 0.25) is 0 Å². The van der Waals surface area contributed by atoms with E-state index in [1.807, 2.05) is 87.5 Å². The second kappa shape index (κ2) is 13.6. The molecule has 2 N–H and O–H groups in total. The summed E-state index contributed by atoms with van der Waals surface area (Å²) < 4.78 is 12.2. The van der Waals surface area contributed by atoms with Crippen LogP contribution < -0.4 is 5.32 Å². The van der Waals surface area contributed by atoms with Crippen molar-refractivity contribution in [3.05, 3.63) is 83.4 Å². The highest BCUT2D eigenvalue weighted by molar-refractivity contribution is 5.95. The minimum absolute atomic E-state index is 0.00513. The van der Waals surface area contributed by atoms with Gasteiger partial charge in [0.15, 0.2) is 11.9 Å². The molecule has 1 amide bonds. The van der Waals surface area contributed by atoms with E-state index in [9.17, 15) is 14.7 Å². The summed E-state index contributed by atoms with van der Waals surface area (Å²) in [6.45, 7) is 19.2. The molecule has 0 aliphatic heterocycles. The average Bonchev–Trinajstić information content (AvgIpc) is 3.13. The van der Waals surface area contributed by atoms with Crippen LogP contribution in [-0.2, 0) is 19.1 Å². The normalized spacial score (nSPS) is 39.8. The van der Waals surface area contributed by atoms with Gasteiger partial charge in [0.2, 0.25) is 0 Å². The maximum absolute atomic E-state index is 15.0. The molecule has 0 saturated heterocycles. The Morgan fingerprint density at radius 3 is 2.02 bits per heavy atom. The van der Waals surface area contributed by atoms with E-state index in [1.54, 1.807) is 0 Å². The number of aliphatic hydroxyl groups is 1. The predicted octanol–water partition coefficient (Wildman–Crippen LogP) is 10.2. The van der Waals surface area contributed by atoms with E-state index in [4.69, 9.17) is 9.47 Å². The van der Waals surface area contributed by atoms with Gasteiger partial charge in [0, 0.05) is 17.4 Å². The lowest BCUT2D eigenvalue weighted by Crippen LogP contribution is -2.69. The van der Waals surface area contributed by atoms with Crippen molar-refractivity contribution in [1.82, 2.24) is 5.32 Å². The van der Waals surface area contributed by atoms with Crippen LogP contribution in [0.5, 0.6) is 0 Å². The van der Waals surface area contributed by atoms with E-state index >= 15 is 4.79 Å². The van der Waals surface area contributed by atoms with Gasteiger partial charge in [-0.25, -0.2) is 4.79 Å². The van der Waals surface area contributed by atoms with Gasteiger partial charge in [0.1, 0.15) is 5.60 Å². The van der Waals surface area contributed by atoms with E-state index in [0.29, 0.717) is 12.8 Å². The highest BCUT2D eigenvalue weighted by Crippen LogP contribution is 2.75. The number of hydrogen-bond donors (Lipinski definition) is 2. The number of aliphatic hydroxyl groups excluding tert-OH is 1. The molecule has 0 spiro atoms. The Bertz CT molecular complexity index is 1800. The number of amides is 1. The molecule has 10 atom stereocenters. The monoisotopic (exact) mass is 751 g/mol. The van der Waals surface area contributed by atoms with E-state index < -0.39 is 28.6 Å². The molecule has 7 heteroatoms. The lowest BCUT2D eigenvalue weighted by atomic mass is 9.33. The molecule has 0 aromatic heterocycles. The summed E-state index contributed by atoms with van der Waals surface area (Å²) in [5.74, 6) is -0.0355. The van der Waals surface area contributed by atoms with Gasteiger partial charge >= 0.3 is 12.1 Å². The van der Waals surface area contributed by atoms with Crippen molar-refractivity contribution in [3.8, 4) is 0 Å². The Balaban J connectivity index is 1.19. The number of fused-ring (bicyclic) bond motifs is 7. The Morgan fingerprint density at radius 2 is 1.44 bits per heavy atom. The van der Waals surface area contributed by atoms with Crippen molar-refractivity contribution < 1.29 is 29.0 Å². The number of alkyl carbamates (subject to hydrolysis) is 1. The quantitative estimate of drug-likeness (QED) is 0.285. The van der Waals surface area contributed by atoms with Crippen molar-refractivity contribution in [2.45, 2.75) is 138 Å². The smallest absolute Gasteiger partial charge is 0.407 e. The zero-order valence-corrected chi connectivity index (χ0v) is 34.8. The molecule has 2 aromatic carbocycles. The zero-order chi connectivity index (χ0) is 39.8. The molecule has 0 bridgehead atoms. The van der Waals surface area contributed by atoms with Crippen LogP contribution in [0, 0.1) is 50.2 Å². The van der Waals surface area contributed by atoms with Gasteiger partial charge < -0.3 is 19.9 Å². The Morgan fingerprint density at radius 1 is 0.836 bits per heavy atom. The lowest BCUT2D eigenvalue weighted by molar-refractivity contribution is -0.196. The van der Waals surface area contributed by atoms with Crippen LogP contribution >= 0.6 is 0 Å². The topological polar surface area (TPSA) is 102 Å². The van der Waals surface area contributed by atoms with Crippen molar-refractivity contribution in [2.24, 2.45) is 50.2 Å². The summed E-state index contributed by atoms with van der Waals surface area (Å²) in [7, 11) is 0. The maximum atomic E-state index is 15.0. The van der Waals surface area contributed by atoms with E-state index in [2.05, 4.69) is 46.9 Å². The average molecular weight is 752 g/mol. The minimum atomic E-state index is -0.696. The molecule has 4 fully saturated rings. The zero-order valence-electron chi connectivity index (χ0n) is 34.8. The first kappa shape index (κ1) is 39.8. The van der Waals surface area contributed by atoms with E-state index in [0.717, 1.165) is 56.1 Å². The summed E-state index contributed by atoms with van der Waals surface area (Å²) in [4.78, 5) is 42.6. The molecule has 5 aliphatic rings. The summed E-state index contributed by atoms with van der Waals surface area (Å²) in [6, 6.07) is 19.7. The highest BCUT2D eigenvalue weighted by Gasteiger charge is 2.71. The van der Waals surface area contributed by atoms with Gasteiger partial charge in [-0.15, -0.1) is 0 Å². The molecule has 55 heavy (non-hydrogen) atoms. The molecular formula is C48H65NO6. The Hall–Kier alpha value is -3.45. The number of hydrogen-bond acceptors (Lipinski definition) is 6. The first-order valence-corrected chi connectivity index (χ1v) is 20.9.